The molecule has 1 heterocycles. The third kappa shape index (κ3) is 4.58. The Morgan fingerprint density at radius 2 is 2.21 bits per heavy atom. The molecule has 0 bridgehead atoms. The molecule has 2 rings (SSSR count). The van der Waals surface area contributed by atoms with Crippen LogP contribution < -0.4 is 20.5 Å². The van der Waals surface area contributed by atoms with Gasteiger partial charge < -0.3 is 14.8 Å². The molecule has 0 unspecified atom stereocenters. The number of nitrogens with zero attached hydrogens (tertiary/aromatic N) is 3. The van der Waals surface area contributed by atoms with Crippen molar-refractivity contribution in [3.05, 3.63) is 45.9 Å². The van der Waals surface area contributed by atoms with Crippen LogP contribution in [0.2, 0.25) is 0 Å². The van der Waals surface area contributed by atoms with Gasteiger partial charge in [0.1, 0.15) is 18.4 Å². The average molecular weight is 327 g/mol. The van der Waals surface area contributed by atoms with Crippen LogP contribution >= 0.6 is 0 Å². The van der Waals surface area contributed by atoms with Crippen molar-refractivity contribution < 1.29 is 9.47 Å². The van der Waals surface area contributed by atoms with Gasteiger partial charge in [0.2, 0.25) is 5.95 Å². The number of aromatic amines is 1. The van der Waals surface area contributed by atoms with Crippen LogP contribution in [0.15, 0.2) is 34.6 Å². The minimum absolute atomic E-state index is 0.0464. The van der Waals surface area contributed by atoms with Crippen LogP contribution in [0.4, 0.5) is 11.6 Å². The minimum Gasteiger partial charge on any atom is -0.488 e. The highest BCUT2D eigenvalue weighted by Crippen LogP contribution is 2.24. The summed E-state index contributed by atoms with van der Waals surface area (Å²) in [6.07, 6.45) is 1.91. The maximum Gasteiger partial charge on any atom is 0.352 e. The lowest BCUT2D eigenvalue weighted by atomic mass is 10.2. The van der Waals surface area contributed by atoms with E-state index in [0.29, 0.717) is 23.6 Å². The summed E-state index contributed by atoms with van der Waals surface area (Å²) in [6.45, 7) is 4.29. The molecule has 0 aliphatic heterocycles. The van der Waals surface area contributed by atoms with Crippen molar-refractivity contribution in [3.8, 4) is 17.8 Å². The molecule has 0 fully saturated rings. The summed E-state index contributed by atoms with van der Waals surface area (Å²) in [5.41, 5.74) is 1.54. The Hall–Kier alpha value is -3.34. The van der Waals surface area contributed by atoms with Gasteiger partial charge >= 0.3 is 11.7 Å². The van der Waals surface area contributed by atoms with E-state index in [0.717, 1.165) is 5.57 Å². The van der Waals surface area contributed by atoms with Gasteiger partial charge in [0.15, 0.2) is 0 Å². The number of benzene rings is 1. The number of nitrogens with one attached hydrogen (secondary N) is 2. The normalized spacial score (nSPS) is 9.75. The summed E-state index contributed by atoms with van der Waals surface area (Å²) in [5, 5.41) is 12.1. The lowest BCUT2D eigenvalue weighted by Crippen LogP contribution is -2.15. The molecule has 124 valence electrons. The second kappa shape index (κ2) is 7.78. The van der Waals surface area contributed by atoms with Crippen LogP contribution in [0.5, 0.6) is 11.8 Å². The predicted octanol–water partition coefficient (Wildman–Crippen LogP) is 2.13. The highest BCUT2D eigenvalue weighted by Gasteiger charge is 2.07. The van der Waals surface area contributed by atoms with E-state index >= 15 is 0 Å². The zero-order valence-corrected chi connectivity index (χ0v) is 13.6. The second-order valence-electron chi connectivity index (χ2n) is 5.03. The largest absolute Gasteiger partial charge is 0.488 e. The molecule has 0 radical (unpaired) electrons. The summed E-state index contributed by atoms with van der Waals surface area (Å²) in [6, 6.07) is 6.99. The van der Waals surface area contributed by atoms with E-state index in [1.54, 1.807) is 18.2 Å². The van der Waals surface area contributed by atoms with Crippen molar-refractivity contribution >= 4 is 11.6 Å². The quantitative estimate of drug-likeness (QED) is 0.781. The maximum atomic E-state index is 11.4. The van der Waals surface area contributed by atoms with E-state index in [-0.39, 0.29) is 12.0 Å². The van der Waals surface area contributed by atoms with E-state index in [1.807, 2.05) is 19.9 Å². The van der Waals surface area contributed by atoms with Crippen molar-refractivity contribution in [1.82, 2.24) is 15.0 Å². The summed E-state index contributed by atoms with van der Waals surface area (Å²) in [4.78, 5) is 21.4. The van der Waals surface area contributed by atoms with Gasteiger partial charge in [0.25, 0.3) is 0 Å². The monoisotopic (exact) mass is 327 g/mol. The number of rotatable bonds is 6. The van der Waals surface area contributed by atoms with Gasteiger partial charge in [-0.25, -0.2) is 4.79 Å². The number of hydrogen-bond acceptors (Lipinski definition) is 7. The molecule has 0 saturated carbocycles. The molecule has 2 aromatic rings. The first kappa shape index (κ1) is 17.0. The zero-order chi connectivity index (χ0) is 17.5. The van der Waals surface area contributed by atoms with Gasteiger partial charge in [0.05, 0.1) is 12.7 Å². The molecular formula is C16H17N5O3. The average Bonchev–Trinajstić information content (AvgIpc) is 2.54. The number of H-pyrrole nitrogens is 1. The van der Waals surface area contributed by atoms with Gasteiger partial charge in [-0.2, -0.15) is 10.2 Å². The number of anilines is 2. The fraction of sp³-hybridized carbons (Fsp3) is 0.250. The number of methoxy groups -OCH3 is 1. The molecular weight excluding hydrogens is 310 g/mol. The topological polar surface area (TPSA) is 113 Å². The molecule has 24 heavy (non-hydrogen) atoms. The number of nitriles is 1. The summed E-state index contributed by atoms with van der Waals surface area (Å²) in [5.74, 6) is 0.607. The van der Waals surface area contributed by atoms with E-state index in [1.165, 1.54) is 7.11 Å². The summed E-state index contributed by atoms with van der Waals surface area (Å²) >= 11 is 0. The van der Waals surface area contributed by atoms with E-state index in [2.05, 4.69) is 26.3 Å². The standard InChI is InChI=1S/C16H17N5O3/c1-10(2)6-7-24-13-8-12(5-4-11(13)9-17)18-14-19-15(22)21-16(20-14)23-3/h4-6,8H,7H2,1-3H3,(H2,18,19,20,21,22). The van der Waals surface area contributed by atoms with Crippen LogP contribution in [0.3, 0.4) is 0 Å². The molecule has 0 amide bonds. The van der Waals surface area contributed by atoms with Gasteiger partial charge in [-0.05, 0) is 32.1 Å². The van der Waals surface area contributed by atoms with Crippen LogP contribution in [-0.4, -0.2) is 28.7 Å². The van der Waals surface area contributed by atoms with Crippen molar-refractivity contribution in [2.75, 3.05) is 19.0 Å². The Morgan fingerprint density at radius 3 is 2.88 bits per heavy atom. The Morgan fingerprint density at radius 1 is 1.42 bits per heavy atom. The van der Waals surface area contributed by atoms with Crippen LogP contribution in [0, 0.1) is 11.3 Å². The molecule has 0 spiro atoms. The molecule has 0 aliphatic carbocycles. The number of aromatic nitrogens is 3. The van der Waals surface area contributed by atoms with Crippen LogP contribution in [0.1, 0.15) is 19.4 Å². The lowest BCUT2D eigenvalue weighted by molar-refractivity contribution is 0.361. The summed E-state index contributed by atoms with van der Waals surface area (Å²) in [7, 11) is 1.37. The maximum absolute atomic E-state index is 11.4. The van der Waals surface area contributed by atoms with Crippen molar-refractivity contribution in [1.29, 1.82) is 5.26 Å². The van der Waals surface area contributed by atoms with Crippen LogP contribution in [0.25, 0.3) is 0 Å². The third-order valence-electron chi connectivity index (χ3n) is 2.91. The van der Waals surface area contributed by atoms with Crippen molar-refractivity contribution in [2.45, 2.75) is 13.8 Å². The first-order valence-corrected chi connectivity index (χ1v) is 7.11. The Balaban J connectivity index is 2.25. The molecule has 1 aromatic carbocycles. The summed E-state index contributed by atoms with van der Waals surface area (Å²) < 4.78 is 10.5. The van der Waals surface area contributed by atoms with Gasteiger partial charge in [-0.1, -0.05) is 5.57 Å². The van der Waals surface area contributed by atoms with Gasteiger partial charge in [-0.15, -0.1) is 4.98 Å². The molecule has 0 aliphatic rings. The fourth-order valence-corrected chi connectivity index (χ4v) is 1.76. The SMILES string of the molecule is COc1nc(Nc2ccc(C#N)c(OCC=C(C)C)c2)[nH]c(=O)n1. The minimum atomic E-state index is -0.585. The predicted molar refractivity (Wildman–Crippen MR) is 88.6 cm³/mol. The highest BCUT2D eigenvalue weighted by atomic mass is 16.5. The number of hydrogen-bond donors (Lipinski definition) is 2. The Labute approximate surface area is 138 Å². The molecule has 1 aromatic heterocycles. The fourth-order valence-electron chi connectivity index (χ4n) is 1.76. The third-order valence-corrected chi connectivity index (χ3v) is 2.91. The van der Waals surface area contributed by atoms with Gasteiger partial charge in [-0.3, -0.25) is 4.98 Å². The number of ether oxygens (including phenoxy) is 2. The smallest absolute Gasteiger partial charge is 0.352 e. The molecule has 0 saturated heterocycles. The lowest BCUT2D eigenvalue weighted by Gasteiger charge is -2.10. The zero-order valence-electron chi connectivity index (χ0n) is 13.6. The van der Waals surface area contributed by atoms with Gasteiger partial charge in [0, 0.05) is 11.8 Å². The highest BCUT2D eigenvalue weighted by molar-refractivity contribution is 5.60. The Kier molecular flexibility index (Phi) is 5.52. The van der Waals surface area contributed by atoms with Crippen LogP contribution in [-0.2, 0) is 0 Å². The molecule has 2 N–H and O–H groups in total. The Bertz CT molecular complexity index is 848. The molecule has 8 heteroatoms. The van der Waals surface area contributed by atoms with Crippen molar-refractivity contribution in [3.63, 3.8) is 0 Å². The van der Waals surface area contributed by atoms with Crippen molar-refractivity contribution in [2.24, 2.45) is 0 Å². The second-order valence-corrected chi connectivity index (χ2v) is 5.03. The van der Waals surface area contributed by atoms with E-state index < -0.39 is 5.69 Å². The first-order chi connectivity index (χ1) is 11.5. The van der Waals surface area contributed by atoms with E-state index in [9.17, 15) is 4.79 Å². The molecule has 8 nitrogen and oxygen atoms in total. The number of allylic oxidation sites excluding steroid dienone is 1. The first-order valence-electron chi connectivity index (χ1n) is 7.11. The molecule has 0 atom stereocenters. The van der Waals surface area contributed by atoms with E-state index in [4.69, 9.17) is 14.7 Å².